The zero-order valence-electron chi connectivity index (χ0n) is 8.71. The third kappa shape index (κ3) is 2.15. The summed E-state index contributed by atoms with van der Waals surface area (Å²) >= 11 is 0. The number of aromatic nitrogens is 2. The number of nitro groups is 1. The van der Waals surface area contributed by atoms with Crippen LogP contribution >= 0.6 is 0 Å². The molecule has 0 radical (unpaired) electrons. The first kappa shape index (κ1) is 12.1. The van der Waals surface area contributed by atoms with Gasteiger partial charge in [0.05, 0.1) is 12.0 Å². The maximum atomic E-state index is 13.0. The first-order chi connectivity index (χ1) is 7.51. The molecule has 0 saturated heterocycles. The van der Waals surface area contributed by atoms with Gasteiger partial charge in [0.25, 0.3) is 0 Å². The van der Waals surface area contributed by atoms with Gasteiger partial charge in [0.15, 0.2) is 0 Å². The molecule has 0 N–H and O–H groups in total. The lowest BCUT2D eigenvalue weighted by molar-refractivity contribution is -0.387. The molecule has 0 aliphatic heterocycles. The van der Waals surface area contributed by atoms with Crippen LogP contribution in [-0.2, 0) is 9.53 Å². The van der Waals surface area contributed by atoms with Gasteiger partial charge in [0.1, 0.15) is 12.2 Å². The number of halogens is 1. The van der Waals surface area contributed by atoms with Gasteiger partial charge in [-0.05, 0) is 6.42 Å². The molecule has 8 heteroatoms. The number of nitrogens with zero attached hydrogens (tertiary/aromatic N) is 3. The minimum absolute atomic E-state index is 0.297. The van der Waals surface area contributed by atoms with Crippen molar-refractivity contribution >= 4 is 11.7 Å². The van der Waals surface area contributed by atoms with E-state index in [-0.39, 0.29) is 0 Å². The molecule has 0 saturated carbocycles. The Bertz CT molecular complexity index is 417. The topological polar surface area (TPSA) is 87.3 Å². The average molecular weight is 231 g/mol. The lowest BCUT2D eigenvalue weighted by Gasteiger charge is -2.11. The Balaban J connectivity index is 3.07. The summed E-state index contributed by atoms with van der Waals surface area (Å²) in [5.41, 5.74) is -0.762. The molecule has 1 unspecified atom stereocenters. The van der Waals surface area contributed by atoms with Gasteiger partial charge in [-0.15, -0.1) is 5.10 Å². The van der Waals surface area contributed by atoms with E-state index in [2.05, 4.69) is 9.84 Å². The maximum Gasteiger partial charge on any atom is 0.343 e. The van der Waals surface area contributed by atoms with Crippen LogP contribution in [0.5, 0.6) is 0 Å². The van der Waals surface area contributed by atoms with Crippen molar-refractivity contribution in [1.82, 2.24) is 9.78 Å². The summed E-state index contributed by atoms with van der Waals surface area (Å²) in [6, 6.07) is -0.854. The van der Waals surface area contributed by atoms with Crippen molar-refractivity contribution in [2.24, 2.45) is 0 Å². The molecule has 1 rings (SSSR count). The Morgan fingerprint density at radius 2 is 2.44 bits per heavy atom. The highest BCUT2D eigenvalue weighted by atomic mass is 19.1. The van der Waals surface area contributed by atoms with Crippen LogP contribution in [0.25, 0.3) is 0 Å². The SMILES string of the molecule is CCC(C(=O)OC)n1cc([N+](=O)[O-])c(F)n1. The van der Waals surface area contributed by atoms with Crippen molar-refractivity contribution in [2.75, 3.05) is 7.11 Å². The number of methoxy groups -OCH3 is 1. The smallest absolute Gasteiger partial charge is 0.343 e. The molecule has 1 atom stereocenters. The molecule has 1 aromatic rings. The van der Waals surface area contributed by atoms with Crippen molar-refractivity contribution in [3.8, 4) is 0 Å². The summed E-state index contributed by atoms with van der Waals surface area (Å²) in [6.07, 6.45) is 1.17. The minimum atomic E-state index is -1.22. The normalized spacial score (nSPS) is 12.2. The van der Waals surface area contributed by atoms with E-state index < -0.39 is 28.6 Å². The number of hydrogen-bond acceptors (Lipinski definition) is 5. The van der Waals surface area contributed by atoms with E-state index in [0.717, 1.165) is 10.9 Å². The van der Waals surface area contributed by atoms with Crippen LogP contribution in [0.1, 0.15) is 19.4 Å². The largest absolute Gasteiger partial charge is 0.467 e. The van der Waals surface area contributed by atoms with Crippen LogP contribution in [0.4, 0.5) is 10.1 Å². The van der Waals surface area contributed by atoms with E-state index in [4.69, 9.17) is 0 Å². The standard InChI is InChI=1S/C8H10FN3O4/c1-3-5(8(13)16-2)11-4-6(12(14)15)7(9)10-11/h4-5H,3H2,1-2H3. The Kier molecular flexibility index (Phi) is 3.54. The number of rotatable bonds is 4. The number of hydrogen-bond donors (Lipinski definition) is 0. The van der Waals surface area contributed by atoms with E-state index in [0.29, 0.717) is 6.42 Å². The second kappa shape index (κ2) is 4.69. The van der Waals surface area contributed by atoms with Crippen molar-refractivity contribution in [3.05, 3.63) is 22.3 Å². The second-order valence-electron chi connectivity index (χ2n) is 2.99. The first-order valence-electron chi connectivity index (χ1n) is 4.48. The molecule has 0 amide bonds. The third-order valence-corrected chi connectivity index (χ3v) is 2.05. The van der Waals surface area contributed by atoms with Crippen molar-refractivity contribution in [3.63, 3.8) is 0 Å². The fourth-order valence-electron chi connectivity index (χ4n) is 1.24. The third-order valence-electron chi connectivity index (χ3n) is 2.05. The average Bonchev–Trinajstić information content (AvgIpc) is 2.61. The molecule has 7 nitrogen and oxygen atoms in total. The van der Waals surface area contributed by atoms with Gasteiger partial charge in [-0.2, -0.15) is 4.39 Å². The lowest BCUT2D eigenvalue weighted by atomic mass is 10.2. The molecule has 88 valence electrons. The highest BCUT2D eigenvalue weighted by molar-refractivity contribution is 5.73. The summed E-state index contributed by atoms with van der Waals surface area (Å²) < 4.78 is 18.4. The van der Waals surface area contributed by atoms with Crippen LogP contribution in [-0.4, -0.2) is 27.8 Å². The first-order valence-corrected chi connectivity index (χ1v) is 4.48. The van der Waals surface area contributed by atoms with Gasteiger partial charge in [-0.1, -0.05) is 6.92 Å². The van der Waals surface area contributed by atoms with E-state index in [1.54, 1.807) is 6.92 Å². The molecule has 0 aliphatic carbocycles. The molecular weight excluding hydrogens is 221 g/mol. The predicted octanol–water partition coefficient (Wildman–Crippen LogP) is 1.05. The fraction of sp³-hybridized carbons (Fsp3) is 0.500. The molecule has 0 spiro atoms. The molecule has 0 fully saturated rings. The van der Waals surface area contributed by atoms with Crippen LogP contribution in [0, 0.1) is 16.1 Å². The van der Waals surface area contributed by atoms with Crippen molar-refractivity contribution in [2.45, 2.75) is 19.4 Å². The lowest BCUT2D eigenvalue weighted by Crippen LogP contribution is -2.20. The summed E-state index contributed by atoms with van der Waals surface area (Å²) in [7, 11) is 1.18. The van der Waals surface area contributed by atoms with Crippen LogP contribution < -0.4 is 0 Å². The number of ether oxygens (including phenoxy) is 1. The monoisotopic (exact) mass is 231 g/mol. The number of carbonyl (C=O) groups excluding carboxylic acids is 1. The molecule has 1 heterocycles. The number of carbonyl (C=O) groups is 1. The van der Waals surface area contributed by atoms with Crippen LogP contribution in [0.3, 0.4) is 0 Å². The van der Waals surface area contributed by atoms with Crippen molar-refractivity contribution in [1.29, 1.82) is 0 Å². The second-order valence-corrected chi connectivity index (χ2v) is 2.99. The number of esters is 1. The highest BCUT2D eigenvalue weighted by Gasteiger charge is 2.26. The molecule has 16 heavy (non-hydrogen) atoms. The molecule has 0 aromatic carbocycles. The zero-order chi connectivity index (χ0) is 12.3. The quantitative estimate of drug-likeness (QED) is 0.439. The molecule has 1 aromatic heterocycles. The molecular formula is C8H10FN3O4. The Hall–Kier alpha value is -1.99. The fourth-order valence-corrected chi connectivity index (χ4v) is 1.24. The van der Waals surface area contributed by atoms with E-state index in [1.807, 2.05) is 0 Å². The van der Waals surface area contributed by atoms with Gasteiger partial charge in [0, 0.05) is 0 Å². The van der Waals surface area contributed by atoms with Gasteiger partial charge >= 0.3 is 17.6 Å². The summed E-state index contributed by atoms with van der Waals surface area (Å²) in [6.45, 7) is 1.66. The summed E-state index contributed by atoms with van der Waals surface area (Å²) in [5.74, 6) is -1.84. The van der Waals surface area contributed by atoms with Gasteiger partial charge < -0.3 is 4.74 Å². The minimum Gasteiger partial charge on any atom is -0.467 e. The van der Waals surface area contributed by atoms with Gasteiger partial charge in [-0.25, -0.2) is 9.48 Å². The van der Waals surface area contributed by atoms with E-state index in [1.165, 1.54) is 7.11 Å². The summed E-state index contributed by atoms with van der Waals surface area (Å²) in [5, 5.41) is 13.7. The predicted molar refractivity (Wildman–Crippen MR) is 50.2 cm³/mol. The van der Waals surface area contributed by atoms with Gasteiger partial charge in [-0.3, -0.25) is 10.1 Å². The Morgan fingerprint density at radius 3 is 2.81 bits per heavy atom. The highest BCUT2D eigenvalue weighted by Crippen LogP contribution is 2.20. The Labute approximate surface area is 90.0 Å². The zero-order valence-corrected chi connectivity index (χ0v) is 8.71. The van der Waals surface area contributed by atoms with E-state index in [9.17, 15) is 19.3 Å². The molecule has 0 bridgehead atoms. The van der Waals surface area contributed by atoms with Crippen molar-refractivity contribution < 1.29 is 18.8 Å². The maximum absolute atomic E-state index is 13.0. The van der Waals surface area contributed by atoms with E-state index >= 15 is 0 Å². The van der Waals surface area contributed by atoms with Crippen LogP contribution in [0.2, 0.25) is 0 Å². The summed E-state index contributed by atoms with van der Waals surface area (Å²) in [4.78, 5) is 20.7. The van der Waals surface area contributed by atoms with Gasteiger partial charge in [0.2, 0.25) is 0 Å². The molecule has 0 aliphatic rings. The van der Waals surface area contributed by atoms with Crippen LogP contribution in [0.15, 0.2) is 6.20 Å². The Morgan fingerprint density at radius 1 is 1.81 bits per heavy atom.